The zero-order valence-electron chi connectivity index (χ0n) is 11.0. The van der Waals surface area contributed by atoms with E-state index in [1.54, 1.807) is 17.0 Å². The highest BCUT2D eigenvalue weighted by atomic mass is 127. The van der Waals surface area contributed by atoms with E-state index in [0.29, 0.717) is 19.4 Å². The summed E-state index contributed by atoms with van der Waals surface area (Å²) >= 11 is 2.08. The second-order valence-electron chi connectivity index (χ2n) is 5.07. The number of carbonyl (C=O) groups excluding carboxylic acids is 1. The molecule has 2 rings (SSSR count). The molecule has 1 aromatic rings. The number of hydrogen-bond acceptors (Lipinski definition) is 3. The van der Waals surface area contributed by atoms with Gasteiger partial charge in [-0.25, -0.2) is 0 Å². The van der Waals surface area contributed by atoms with Crippen LogP contribution in [0.1, 0.15) is 30.1 Å². The molecule has 0 aliphatic carbocycles. The molecule has 0 saturated carbocycles. The number of aromatic hydroxyl groups is 1. The largest absolute Gasteiger partial charge is 0.507 e. The van der Waals surface area contributed by atoms with Gasteiger partial charge in [0.05, 0.1) is 11.5 Å². The van der Waals surface area contributed by atoms with Crippen molar-refractivity contribution in [1.82, 2.24) is 4.90 Å². The van der Waals surface area contributed by atoms with Crippen LogP contribution in [0.5, 0.6) is 5.75 Å². The Bertz CT molecular complexity index is 546. The molecule has 0 bridgehead atoms. The zero-order chi connectivity index (χ0) is 14.9. The molecule has 5 nitrogen and oxygen atoms in total. The molecule has 6 heteroatoms. The van der Waals surface area contributed by atoms with E-state index in [1.165, 1.54) is 6.07 Å². The lowest BCUT2D eigenvalue weighted by molar-refractivity contribution is -0.143. The molecule has 1 saturated heterocycles. The topological polar surface area (TPSA) is 77.8 Å². The van der Waals surface area contributed by atoms with Crippen LogP contribution in [0.25, 0.3) is 0 Å². The van der Waals surface area contributed by atoms with Crippen LogP contribution in [0, 0.1) is 9.49 Å². The lowest BCUT2D eigenvalue weighted by Crippen LogP contribution is -2.46. The quantitative estimate of drug-likeness (QED) is 0.762. The van der Waals surface area contributed by atoms with Gasteiger partial charge in [0.25, 0.3) is 5.91 Å². The first-order valence-electron chi connectivity index (χ1n) is 6.42. The van der Waals surface area contributed by atoms with Crippen LogP contribution >= 0.6 is 22.6 Å². The summed E-state index contributed by atoms with van der Waals surface area (Å²) in [5.74, 6) is -1.47. The van der Waals surface area contributed by atoms with Gasteiger partial charge in [-0.1, -0.05) is 0 Å². The minimum atomic E-state index is -0.805. The van der Waals surface area contributed by atoms with Crippen molar-refractivity contribution in [2.45, 2.75) is 25.8 Å². The number of carboxylic acids is 1. The average Bonchev–Trinajstić information content (AvgIpc) is 2.40. The summed E-state index contributed by atoms with van der Waals surface area (Å²) in [5.41, 5.74) is 0.275. The Hall–Kier alpha value is -1.31. The summed E-state index contributed by atoms with van der Waals surface area (Å²) in [5, 5.41) is 18.9. The molecular formula is C14H16INO4. The molecule has 108 valence electrons. The van der Waals surface area contributed by atoms with Crippen LogP contribution in [0.3, 0.4) is 0 Å². The average molecular weight is 389 g/mol. The molecule has 0 radical (unpaired) electrons. The van der Waals surface area contributed by atoms with Gasteiger partial charge >= 0.3 is 5.97 Å². The molecule has 1 fully saturated rings. The summed E-state index contributed by atoms with van der Waals surface area (Å²) in [6, 6.07) is 4.74. The minimum absolute atomic E-state index is 0.0389. The van der Waals surface area contributed by atoms with Gasteiger partial charge in [0, 0.05) is 16.2 Å². The maximum absolute atomic E-state index is 12.5. The lowest BCUT2D eigenvalue weighted by Gasteiger charge is -2.36. The molecule has 2 atom stereocenters. The molecule has 1 heterocycles. The molecule has 2 N–H and O–H groups in total. The number of aliphatic carboxylic acids is 1. The van der Waals surface area contributed by atoms with E-state index in [9.17, 15) is 14.7 Å². The van der Waals surface area contributed by atoms with Crippen molar-refractivity contribution >= 4 is 34.5 Å². The van der Waals surface area contributed by atoms with Crippen molar-refractivity contribution in [1.29, 1.82) is 0 Å². The van der Waals surface area contributed by atoms with Crippen molar-refractivity contribution in [3.63, 3.8) is 0 Å². The molecule has 1 aromatic carbocycles. The summed E-state index contributed by atoms with van der Waals surface area (Å²) in [6.07, 6.45) is 0.905. The van der Waals surface area contributed by atoms with Gasteiger partial charge in [0.15, 0.2) is 0 Å². The molecular weight excluding hydrogens is 373 g/mol. The van der Waals surface area contributed by atoms with E-state index in [1.807, 2.05) is 6.92 Å². The third kappa shape index (κ3) is 3.05. The number of hydrogen-bond donors (Lipinski definition) is 2. The third-order valence-corrected chi connectivity index (χ3v) is 4.35. The van der Waals surface area contributed by atoms with E-state index in [0.717, 1.165) is 3.57 Å². The van der Waals surface area contributed by atoms with Crippen LogP contribution in [0.2, 0.25) is 0 Å². The fraction of sp³-hybridized carbons (Fsp3) is 0.429. The number of benzene rings is 1. The third-order valence-electron chi connectivity index (χ3n) is 3.68. The van der Waals surface area contributed by atoms with E-state index in [4.69, 9.17) is 5.11 Å². The maximum atomic E-state index is 12.5. The lowest BCUT2D eigenvalue weighted by atomic mass is 9.91. The highest BCUT2D eigenvalue weighted by molar-refractivity contribution is 14.1. The molecule has 0 spiro atoms. The van der Waals surface area contributed by atoms with Crippen LogP contribution < -0.4 is 0 Å². The van der Waals surface area contributed by atoms with Crippen LogP contribution in [0.15, 0.2) is 18.2 Å². The number of carbonyl (C=O) groups is 2. The standard InChI is InChI=1S/C14H16INO4/c1-8-6-9(14(19)20)4-5-16(8)13(18)11-7-10(15)2-3-12(11)17/h2-3,7-9,17H,4-6H2,1H3,(H,19,20). The SMILES string of the molecule is CC1CC(C(=O)O)CCN1C(=O)c1cc(I)ccc1O. The Morgan fingerprint density at radius 3 is 2.70 bits per heavy atom. The van der Waals surface area contributed by atoms with Crippen molar-refractivity contribution < 1.29 is 19.8 Å². The highest BCUT2D eigenvalue weighted by Gasteiger charge is 2.33. The van der Waals surface area contributed by atoms with E-state index in [2.05, 4.69) is 22.6 Å². The van der Waals surface area contributed by atoms with Crippen molar-refractivity contribution in [2.24, 2.45) is 5.92 Å². The molecule has 20 heavy (non-hydrogen) atoms. The number of rotatable bonds is 2. The summed E-state index contributed by atoms with van der Waals surface area (Å²) in [7, 11) is 0. The Morgan fingerprint density at radius 2 is 2.10 bits per heavy atom. The molecule has 2 unspecified atom stereocenters. The summed E-state index contributed by atoms with van der Waals surface area (Å²) in [4.78, 5) is 25.1. The fourth-order valence-corrected chi connectivity index (χ4v) is 3.02. The van der Waals surface area contributed by atoms with Gasteiger partial charge < -0.3 is 15.1 Å². The fourth-order valence-electron chi connectivity index (χ4n) is 2.53. The molecule has 1 aliphatic heterocycles. The highest BCUT2D eigenvalue weighted by Crippen LogP contribution is 2.27. The number of piperidine rings is 1. The zero-order valence-corrected chi connectivity index (χ0v) is 13.2. The van der Waals surface area contributed by atoms with Crippen molar-refractivity contribution in [3.05, 3.63) is 27.3 Å². The normalized spacial score (nSPS) is 22.6. The Kier molecular flexibility index (Phi) is 4.52. The number of carboxylic acid groups (broad SMARTS) is 1. The molecule has 1 amide bonds. The van der Waals surface area contributed by atoms with Gasteiger partial charge in [-0.2, -0.15) is 0 Å². The first-order valence-corrected chi connectivity index (χ1v) is 7.50. The van der Waals surface area contributed by atoms with Gasteiger partial charge in [-0.3, -0.25) is 9.59 Å². The van der Waals surface area contributed by atoms with Crippen LogP contribution in [-0.4, -0.2) is 39.6 Å². The summed E-state index contributed by atoms with van der Waals surface area (Å²) < 4.78 is 0.872. The van der Waals surface area contributed by atoms with E-state index >= 15 is 0 Å². The second-order valence-corrected chi connectivity index (χ2v) is 6.31. The Morgan fingerprint density at radius 1 is 1.40 bits per heavy atom. The smallest absolute Gasteiger partial charge is 0.306 e. The number of phenols is 1. The first kappa shape index (κ1) is 15.1. The van der Waals surface area contributed by atoms with Gasteiger partial charge in [-0.15, -0.1) is 0 Å². The number of likely N-dealkylation sites (tertiary alicyclic amines) is 1. The van der Waals surface area contributed by atoms with Crippen molar-refractivity contribution in [3.8, 4) is 5.75 Å². The number of phenolic OH excluding ortho intramolecular Hbond substituents is 1. The Balaban J connectivity index is 2.18. The predicted octanol–water partition coefficient (Wildman–Crippen LogP) is 2.32. The minimum Gasteiger partial charge on any atom is -0.507 e. The first-order chi connectivity index (χ1) is 9.40. The molecule has 1 aliphatic rings. The molecule has 0 aromatic heterocycles. The Labute approximate surface area is 130 Å². The predicted molar refractivity (Wildman–Crippen MR) is 81.7 cm³/mol. The van der Waals surface area contributed by atoms with E-state index < -0.39 is 11.9 Å². The van der Waals surface area contributed by atoms with Gasteiger partial charge in [0.1, 0.15) is 5.75 Å². The maximum Gasteiger partial charge on any atom is 0.306 e. The van der Waals surface area contributed by atoms with Gasteiger partial charge in [0.2, 0.25) is 0 Å². The van der Waals surface area contributed by atoms with Gasteiger partial charge in [-0.05, 0) is 60.6 Å². The van der Waals surface area contributed by atoms with E-state index in [-0.39, 0.29) is 23.3 Å². The van der Waals surface area contributed by atoms with Crippen LogP contribution in [0.4, 0.5) is 0 Å². The second kappa shape index (κ2) is 5.99. The monoisotopic (exact) mass is 389 g/mol. The van der Waals surface area contributed by atoms with Crippen LogP contribution in [-0.2, 0) is 4.79 Å². The van der Waals surface area contributed by atoms with Crippen molar-refractivity contribution in [2.75, 3.05) is 6.54 Å². The number of amides is 1. The summed E-state index contributed by atoms with van der Waals surface area (Å²) in [6.45, 7) is 2.25. The number of halogens is 1. The number of nitrogens with zero attached hydrogens (tertiary/aromatic N) is 1.